The van der Waals surface area contributed by atoms with E-state index in [1.165, 1.54) is 0 Å². The second-order valence-corrected chi connectivity index (χ2v) is 4.11. The van der Waals surface area contributed by atoms with Gasteiger partial charge in [-0.1, -0.05) is 13.3 Å². The maximum Gasteiger partial charge on any atom is 0.269 e. The van der Waals surface area contributed by atoms with Gasteiger partial charge >= 0.3 is 0 Å². The zero-order valence-corrected chi connectivity index (χ0v) is 11.1. The van der Waals surface area contributed by atoms with Crippen molar-refractivity contribution in [1.29, 1.82) is 0 Å². The molecular weight excluding hydrogens is 228 g/mol. The van der Waals surface area contributed by atoms with Crippen molar-refractivity contribution in [2.75, 3.05) is 31.6 Å². The molecule has 1 aromatic rings. The summed E-state index contributed by atoms with van der Waals surface area (Å²) in [6, 6.07) is 3.72. The Labute approximate surface area is 108 Å². The van der Waals surface area contributed by atoms with Crippen molar-refractivity contribution >= 4 is 11.6 Å². The first kappa shape index (κ1) is 14.4. The van der Waals surface area contributed by atoms with Crippen molar-refractivity contribution < 1.29 is 4.79 Å². The normalized spacial score (nSPS) is 10.2. The van der Waals surface area contributed by atoms with Gasteiger partial charge in [0.15, 0.2) is 0 Å². The monoisotopic (exact) mass is 250 g/mol. The molecule has 5 nitrogen and oxygen atoms in total. The van der Waals surface area contributed by atoms with Crippen LogP contribution in [0.1, 0.15) is 30.3 Å². The summed E-state index contributed by atoms with van der Waals surface area (Å²) in [5.41, 5.74) is 7.07. The van der Waals surface area contributed by atoms with Crippen LogP contribution >= 0.6 is 0 Å². The lowest BCUT2D eigenvalue weighted by Gasteiger charge is -2.24. The van der Waals surface area contributed by atoms with Crippen molar-refractivity contribution in [3.8, 4) is 0 Å². The van der Waals surface area contributed by atoms with Gasteiger partial charge in [0.05, 0.1) is 0 Å². The number of amides is 1. The molecule has 0 radical (unpaired) electrons. The largest absolute Gasteiger partial charge is 0.370 e. The van der Waals surface area contributed by atoms with Crippen molar-refractivity contribution in [1.82, 2.24) is 10.3 Å². The molecule has 0 saturated carbocycles. The number of pyridine rings is 1. The van der Waals surface area contributed by atoms with E-state index in [0.29, 0.717) is 12.2 Å². The van der Waals surface area contributed by atoms with Gasteiger partial charge in [0.25, 0.3) is 5.91 Å². The molecule has 0 bridgehead atoms. The van der Waals surface area contributed by atoms with Gasteiger partial charge in [-0.15, -0.1) is 0 Å². The van der Waals surface area contributed by atoms with Gasteiger partial charge in [-0.3, -0.25) is 9.78 Å². The molecule has 5 heteroatoms. The standard InChI is InChI=1S/C13H22N4O/c1-3-4-8-17(9-6-14)11-5-7-16-12(10-11)13(18)15-2/h5,7,10H,3-4,6,8-9,14H2,1-2H3,(H,15,18). The Hall–Kier alpha value is -1.62. The molecule has 1 rings (SSSR count). The fourth-order valence-electron chi connectivity index (χ4n) is 1.74. The van der Waals surface area contributed by atoms with Gasteiger partial charge in [0.2, 0.25) is 0 Å². The Bertz CT molecular complexity index is 381. The minimum atomic E-state index is -0.167. The fraction of sp³-hybridized carbons (Fsp3) is 0.538. The van der Waals surface area contributed by atoms with E-state index >= 15 is 0 Å². The number of hydrogen-bond acceptors (Lipinski definition) is 4. The maximum atomic E-state index is 11.5. The quantitative estimate of drug-likeness (QED) is 0.757. The number of hydrogen-bond donors (Lipinski definition) is 2. The van der Waals surface area contributed by atoms with Crippen LogP contribution in [0.5, 0.6) is 0 Å². The van der Waals surface area contributed by atoms with E-state index in [2.05, 4.69) is 22.1 Å². The van der Waals surface area contributed by atoms with Crippen LogP contribution < -0.4 is 16.0 Å². The average Bonchev–Trinajstić information content (AvgIpc) is 2.42. The summed E-state index contributed by atoms with van der Waals surface area (Å²) in [5, 5.41) is 2.58. The number of rotatable bonds is 7. The van der Waals surface area contributed by atoms with Gasteiger partial charge in [-0.05, 0) is 18.6 Å². The summed E-state index contributed by atoms with van der Waals surface area (Å²) in [6.45, 7) is 4.49. The molecule has 0 unspecified atom stereocenters. The topological polar surface area (TPSA) is 71.2 Å². The highest BCUT2D eigenvalue weighted by Crippen LogP contribution is 2.15. The summed E-state index contributed by atoms with van der Waals surface area (Å²) in [7, 11) is 1.60. The second-order valence-electron chi connectivity index (χ2n) is 4.11. The molecule has 1 aromatic heterocycles. The van der Waals surface area contributed by atoms with E-state index in [0.717, 1.165) is 31.6 Å². The second kappa shape index (κ2) is 7.66. The Kier molecular flexibility index (Phi) is 6.14. The van der Waals surface area contributed by atoms with Gasteiger partial charge < -0.3 is 16.0 Å². The molecule has 0 atom stereocenters. The Morgan fingerprint density at radius 2 is 2.28 bits per heavy atom. The van der Waals surface area contributed by atoms with Crippen LogP contribution in [0, 0.1) is 0 Å². The van der Waals surface area contributed by atoms with E-state index in [4.69, 9.17) is 5.73 Å². The maximum absolute atomic E-state index is 11.5. The molecule has 18 heavy (non-hydrogen) atoms. The third-order valence-electron chi connectivity index (χ3n) is 2.75. The predicted octanol–water partition coefficient (Wildman–Crippen LogP) is 1.01. The van der Waals surface area contributed by atoms with Crippen molar-refractivity contribution in [2.24, 2.45) is 5.73 Å². The summed E-state index contributed by atoms with van der Waals surface area (Å²) in [6.07, 6.45) is 3.90. The van der Waals surface area contributed by atoms with Crippen LogP contribution in [0.4, 0.5) is 5.69 Å². The molecule has 100 valence electrons. The number of nitrogens with two attached hydrogens (primary N) is 1. The molecule has 0 aromatic carbocycles. The lowest BCUT2D eigenvalue weighted by molar-refractivity contribution is 0.0958. The van der Waals surface area contributed by atoms with Crippen molar-refractivity contribution in [3.05, 3.63) is 24.0 Å². The molecule has 0 aliphatic rings. The van der Waals surface area contributed by atoms with E-state index in [9.17, 15) is 4.79 Å². The van der Waals surface area contributed by atoms with Crippen LogP contribution in [-0.2, 0) is 0 Å². The highest BCUT2D eigenvalue weighted by atomic mass is 16.1. The number of aromatic nitrogens is 1. The Balaban J connectivity index is 2.86. The summed E-state index contributed by atoms with van der Waals surface area (Å²) < 4.78 is 0. The molecule has 0 aliphatic carbocycles. The summed E-state index contributed by atoms with van der Waals surface area (Å²) >= 11 is 0. The molecule has 0 spiro atoms. The van der Waals surface area contributed by atoms with E-state index in [1.807, 2.05) is 12.1 Å². The Morgan fingerprint density at radius 3 is 2.89 bits per heavy atom. The van der Waals surface area contributed by atoms with Gasteiger partial charge in [-0.25, -0.2) is 0 Å². The highest BCUT2D eigenvalue weighted by Gasteiger charge is 2.09. The van der Waals surface area contributed by atoms with Crippen LogP contribution in [0.2, 0.25) is 0 Å². The number of unbranched alkanes of at least 4 members (excludes halogenated alkanes) is 1. The van der Waals surface area contributed by atoms with Gasteiger partial charge in [0.1, 0.15) is 5.69 Å². The first-order chi connectivity index (χ1) is 8.72. The predicted molar refractivity (Wildman–Crippen MR) is 73.8 cm³/mol. The third-order valence-corrected chi connectivity index (χ3v) is 2.75. The van der Waals surface area contributed by atoms with E-state index in [-0.39, 0.29) is 5.91 Å². The van der Waals surface area contributed by atoms with Crippen LogP contribution in [0.25, 0.3) is 0 Å². The average molecular weight is 250 g/mol. The van der Waals surface area contributed by atoms with Crippen molar-refractivity contribution in [3.63, 3.8) is 0 Å². The van der Waals surface area contributed by atoms with Crippen LogP contribution in [0.3, 0.4) is 0 Å². The molecule has 3 N–H and O–H groups in total. The van der Waals surface area contributed by atoms with Gasteiger partial charge in [0, 0.05) is 38.6 Å². The summed E-state index contributed by atoms with van der Waals surface area (Å²) in [4.78, 5) is 17.8. The highest BCUT2D eigenvalue weighted by molar-refractivity contribution is 5.92. The number of nitrogens with zero attached hydrogens (tertiary/aromatic N) is 2. The lowest BCUT2D eigenvalue weighted by Crippen LogP contribution is -2.30. The molecule has 0 fully saturated rings. The van der Waals surface area contributed by atoms with E-state index in [1.54, 1.807) is 13.2 Å². The molecule has 1 heterocycles. The zero-order chi connectivity index (χ0) is 13.4. The first-order valence-corrected chi connectivity index (χ1v) is 6.36. The van der Waals surface area contributed by atoms with Crippen LogP contribution in [-0.4, -0.2) is 37.6 Å². The number of carbonyl (C=O) groups excluding carboxylic acids is 1. The smallest absolute Gasteiger partial charge is 0.269 e. The summed E-state index contributed by atoms with van der Waals surface area (Å²) in [5.74, 6) is -0.167. The van der Waals surface area contributed by atoms with Crippen molar-refractivity contribution in [2.45, 2.75) is 19.8 Å². The van der Waals surface area contributed by atoms with Gasteiger partial charge in [-0.2, -0.15) is 0 Å². The first-order valence-electron chi connectivity index (χ1n) is 6.36. The zero-order valence-electron chi connectivity index (χ0n) is 11.1. The fourth-order valence-corrected chi connectivity index (χ4v) is 1.74. The number of anilines is 1. The van der Waals surface area contributed by atoms with E-state index < -0.39 is 0 Å². The SMILES string of the molecule is CCCCN(CCN)c1ccnc(C(=O)NC)c1. The third kappa shape index (κ3) is 4.00. The number of carbonyl (C=O) groups is 1. The molecular formula is C13H22N4O. The number of nitrogens with one attached hydrogen (secondary N) is 1. The van der Waals surface area contributed by atoms with Crippen LogP contribution in [0.15, 0.2) is 18.3 Å². The lowest BCUT2D eigenvalue weighted by atomic mass is 10.2. The molecule has 0 saturated heterocycles. The minimum absolute atomic E-state index is 0.167. The minimum Gasteiger partial charge on any atom is -0.370 e. The molecule has 1 amide bonds. The Morgan fingerprint density at radius 1 is 1.50 bits per heavy atom. The molecule has 0 aliphatic heterocycles.